The van der Waals surface area contributed by atoms with Crippen LogP contribution in [-0.2, 0) is 6.42 Å². The van der Waals surface area contributed by atoms with Gasteiger partial charge in [0.2, 0.25) is 0 Å². The number of likely N-dealkylation sites (N-methyl/N-ethyl adjacent to an activating group) is 2. The molecule has 2 heterocycles. The van der Waals surface area contributed by atoms with E-state index in [4.69, 9.17) is 9.15 Å². The first-order valence-corrected chi connectivity index (χ1v) is 10.4. The summed E-state index contributed by atoms with van der Waals surface area (Å²) in [5.74, 6) is 0.735. The van der Waals surface area contributed by atoms with E-state index in [1.807, 2.05) is 49.3 Å². The van der Waals surface area contributed by atoms with Crippen LogP contribution in [0.15, 0.2) is 58.4 Å². The molecule has 8 heteroatoms. The molecule has 1 aliphatic carbocycles. The highest BCUT2D eigenvalue weighted by Crippen LogP contribution is 2.39. The van der Waals surface area contributed by atoms with Crippen LogP contribution in [0, 0.1) is 0 Å². The van der Waals surface area contributed by atoms with Crippen molar-refractivity contribution in [3.63, 3.8) is 0 Å². The van der Waals surface area contributed by atoms with E-state index in [0.29, 0.717) is 24.4 Å². The molecule has 4 rings (SSSR count). The molecule has 0 fully saturated rings. The first-order chi connectivity index (χ1) is 15.5. The molecule has 0 saturated carbocycles. The van der Waals surface area contributed by atoms with Gasteiger partial charge in [-0.2, -0.15) is 0 Å². The minimum Gasteiger partial charge on any atom is -0.425 e. The smallest absolute Gasteiger partial charge is 0.417 e. The lowest BCUT2D eigenvalue weighted by molar-refractivity contribution is 0.148. The van der Waals surface area contributed by atoms with Crippen molar-refractivity contribution < 1.29 is 19.2 Å². The van der Waals surface area contributed by atoms with Crippen LogP contribution in [-0.4, -0.2) is 66.0 Å². The van der Waals surface area contributed by atoms with Crippen LogP contribution in [0.5, 0.6) is 5.95 Å². The Labute approximate surface area is 186 Å². The molecular weight excluding hydrogens is 408 g/mol. The monoisotopic (exact) mass is 434 g/mol. The van der Waals surface area contributed by atoms with Crippen LogP contribution in [0.1, 0.15) is 17.5 Å². The van der Waals surface area contributed by atoms with E-state index >= 15 is 0 Å². The number of aryl methyl sites for hydroxylation is 1. The summed E-state index contributed by atoms with van der Waals surface area (Å²) >= 11 is 0. The second-order valence-corrected chi connectivity index (χ2v) is 8.06. The van der Waals surface area contributed by atoms with E-state index in [-0.39, 0.29) is 5.95 Å². The Morgan fingerprint density at radius 1 is 1.06 bits per heavy atom. The van der Waals surface area contributed by atoms with Gasteiger partial charge in [-0.3, -0.25) is 4.98 Å². The SMILES string of the molecule is CN(C)CCN(C)C(=O)Oc1cc(-c2ccncc2)c(-c2ccc3c(c2)CCC3=NO)o1. The molecule has 1 aliphatic rings. The Bertz CT molecular complexity index is 1140. The topological polar surface area (TPSA) is 91.4 Å². The lowest BCUT2D eigenvalue weighted by Gasteiger charge is -2.18. The molecule has 8 nitrogen and oxygen atoms in total. The maximum absolute atomic E-state index is 12.5. The molecule has 1 amide bonds. The number of hydrogen-bond donors (Lipinski definition) is 1. The molecule has 0 aliphatic heterocycles. The number of fused-ring (bicyclic) bond motifs is 1. The molecule has 0 spiro atoms. The number of oxime groups is 1. The first-order valence-electron chi connectivity index (χ1n) is 10.4. The standard InChI is InChI=1S/C24H26N4O4/c1-27(2)12-13-28(3)24(29)32-22-15-20(16-8-10-25-11-9-16)23(31-22)18-4-6-19-17(14-18)5-7-21(19)26-30/h4,6,8-11,14-15,30H,5,7,12-13H2,1-3H3. The number of hydrogen-bond acceptors (Lipinski definition) is 7. The molecule has 166 valence electrons. The van der Waals surface area contributed by atoms with Crippen molar-refractivity contribution in [1.82, 2.24) is 14.8 Å². The van der Waals surface area contributed by atoms with Crippen molar-refractivity contribution >= 4 is 11.8 Å². The van der Waals surface area contributed by atoms with Gasteiger partial charge in [0, 0.05) is 55.3 Å². The molecular formula is C24H26N4O4. The van der Waals surface area contributed by atoms with E-state index in [2.05, 4.69) is 10.1 Å². The maximum Gasteiger partial charge on any atom is 0.417 e. The zero-order valence-corrected chi connectivity index (χ0v) is 18.4. The van der Waals surface area contributed by atoms with E-state index in [0.717, 1.165) is 40.8 Å². The number of nitrogens with zero attached hydrogens (tertiary/aromatic N) is 4. The van der Waals surface area contributed by atoms with Gasteiger partial charge in [0.1, 0.15) is 5.76 Å². The third-order valence-electron chi connectivity index (χ3n) is 5.51. The van der Waals surface area contributed by atoms with Gasteiger partial charge >= 0.3 is 6.09 Å². The molecule has 3 aromatic rings. The summed E-state index contributed by atoms with van der Waals surface area (Å²) in [4.78, 5) is 20.1. The molecule has 0 saturated heterocycles. The summed E-state index contributed by atoms with van der Waals surface area (Å²) in [6.45, 7) is 1.27. The largest absolute Gasteiger partial charge is 0.425 e. The van der Waals surface area contributed by atoms with Gasteiger partial charge in [-0.1, -0.05) is 17.3 Å². The number of pyridine rings is 1. The summed E-state index contributed by atoms with van der Waals surface area (Å²) in [6.07, 6.45) is 4.43. The van der Waals surface area contributed by atoms with Crippen LogP contribution in [0.25, 0.3) is 22.5 Å². The molecule has 2 aromatic heterocycles. The molecule has 32 heavy (non-hydrogen) atoms. The van der Waals surface area contributed by atoms with Crippen LogP contribution in [0.2, 0.25) is 0 Å². The zero-order chi connectivity index (χ0) is 22.7. The first kappa shape index (κ1) is 21.6. The molecule has 0 unspecified atom stereocenters. The number of rotatable bonds is 6. The number of carbonyl (C=O) groups is 1. The Morgan fingerprint density at radius 2 is 1.84 bits per heavy atom. The Hall–Kier alpha value is -3.65. The average Bonchev–Trinajstić information content (AvgIpc) is 3.41. The van der Waals surface area contributed by atoms with Crippen molar-refractivity contribution in [2.45, 2.75) is 12.8 Å². The predicted octanol–water partition coefficient (Wildman–Crippen LogP) is 4.13. The van der Waals surface area contributed by atoms with Gasteiger partial charge in [-0.25, -0.2) is 4.79 Å². The number of aromatic nitrogens is 1. The summed E-state index contributed by atoms with van der Waals surface area (Å²) in [5, 5.41) is 12.6. The molecule has 1 N–H and O–H groups in total. The quantitative estimate of drug-likeness (QED) is 0.463. The Kier molecular flexibility index (Phi) is 6.23. The highest BCUT2D eigenvalue weighted by molar-refractivity contribution is 6.04. The van der Waals surface area contributed by atoms with Gasteiger partial charge < -0.3 is 24.2 Å². The number of amides is 1. The van der Waals surface area contributed by atoms with E-state index in [1.165, 1.54) is 4.90 Å². The minimum atomic E-state index is -0.480. The van der Waals surface area contributed by atoms with E-state index in [1.54, 1.807) is 25.5 Å². The van der Waals surface area contributed by atoms with Crippen LogP contribution in [0.3, 0.4) is 0 Å². The summed E-state index contributed by atoms with van der Waals surface area (Å²) < 4.78 is 11.6. The van der Waals surface area contributed by atoms with Crippen molar-refractivity contribution in [3.8, 4) is 28.4 Å². The number of carbonyl (C=O) groups excluding carboxylic acids is 1. The fourth-order valence-electron chi connectivity index (χ4n) is 3.70. The van der Waals surface area contributed by atoms with Gasteiger partial charge in [0.25, 0.3) is 5.95 Å². The van der Waals surface area contributed by atoms with Gasteiger partial charge in [0.05, 0.1) is 5.71 Å². The van der Waals surface area contributed by atoms with Gasteiger partial charge in [-0.15, -0.1) is 0 Å². The summed E-state index contributed by atoms with van der Waals surface area (Å²) in [5.41, 5.74) is 5.30. The van der Waals surface area contributed by atoms with Gasteiger partial charge in [0.15, 0.2) is 0 Å². The van der Waals surface area contributed by atoms with Crippen LogP contribution in [0.4, 0.5) is 4.79 Å². The van der Waals surface area contributed by atoms with Crippen LogP contribution >= 0.6 is 0 Å². The fourth-order valence-corrected chi connectivity index (χ4v) is 3.70. The molecule has 1 aromatic carbocycles. The van der Waals surface area contributed by atoms with Crippen molar-refractivity contribution in [1.29, 1.82) is 0 Å². The lowest BCUT2D eigenvalue weighted by atomic mass is 10.00. The predicted molar refractivity (Wildman–Crippen MR) is 121 cm³/mol. The third kappa shape index (κ3) is 4.50. The summed E-state index contributed by atoms with van der Waals surface area (Å²) in [7, 11) is 5.59. The summed E-state index contributed by atoms with van der Waals surface area (Å²) in [6, 6.07) is 11.4. The highest BCUT2D eigenvalue weighted by atomic mass is 16.6. The van der Waals surface area contributed by atoms with Crippen molar-refractivity contribution in [3.05, 3.63) is 59.9 Å². The molecule has 0 atom stereocenters. The number of furan rings is 1. The maximum atomic E-state index is 12.5. The fraction of sp³-hybridized carbons (Fsp3) is 0.292. The number of benzene rings is 1. The van der Waals surface area contributed by atoms with Crippen molar-refractivity contribution in [2.24, 2.45) is 5.16 Å². The second kappa shape index (κ2) is 9.23. The highest BCUT2D eigenvalue weighted by Gasteiger charge is 2.23. The Balaban J connectivity index is 1.66. The molecule has 0 bridgehead atoms. The Morgan fingerprint density at radius 3 is 2.56 bits per heavy atom. The van der Waals surface area contributed by atoms with Crippen LogP contribution < -0.4 is 4.74 Å². The van der Waals surface area contributed by atoms with Gasteiger partial charge in [-0.05, 0) is 56.3 Å². The molecule has 0 radical (unpaired) electrons. The zero-order valence-electron chi connectivity index (χ0n) is 18.4. The average molecular weight is 434 g/mol. The van der Waals surface area contributed by atoms with E-state index in [9.17, 15) is 10.0 Å². The third-order valence-corrected chi connectivity index (χ3v) is 5.51. The number of ether oxygens (including phenoxy) is 1. The van der Waals surface area contributed by atoms with Crippen molar-refractivity contribution in [2.75, 3.05) is 34.2 Å². The second-order valence-electron chi connectivity index (χ2n) is 8.06. The van der Waals surface area contributed by atoms with E-state index < -0.39 is 6.09 Å². The normalized spacial score (nSPS) is 14.1. The lowest BCUT2D eigenvalue weighted by Crippen LogP contribution is -2.35. The minimum absolute atomic E-state index is 0.131.